The average Bonchev–Trinajstić information content (AvgIpc) is 2.26. The number of hydrogen-bond donors (Lipinski definition) is 0. The minimum Gasteiger partial charge on any atom is -0.481 e. The predicted octanol–water partition coefficient (Wildman–Crippen LogP) is 1.71. The fraction of sp³-hybridized carbons (Fsp3) is 0.222. The van der Waals surface area contributed by atoms with Gasteiger partial charge in [-0.15, -0.1) is 0 Å². The van der Waals surface area contributed by atoms with Gasteiger partial charge < -0.3 is 4.74 Å². The highest BCUT2D eigenvalue weighted by Crippen LogP contribution is 2.28. The zero-order valence-corrected chi connectivity index (χ0v) is 7.70. The van der Waals surface area contributed by atoms with Crippen molar-refractivity contribution in [1.29, 1.82) is 5.26 Å². The molecule has 0 spiro atoms. The van der Waals surface area contributed by atoms with Gasteiger partial charge in [0.05, 0.1) is 18.2 Å². The summed E-state index contributed by atoms with van der Waals surface area (Å²) in [7, 11) is 1.16. The molecule has 0 aliphatic heterocycles. The predicted molar refractivity (Wildman–Crippen MR) is 45.8 cm³/mol. The largest absolute Gasteiger partial charge is 0.481 e. The number of hydrogen-bond acceptors (Lipinski definition) is 4. The number of ether oxygens (including phenoxy) is 1. The summed E-state index contributed by atoms with van der Waals surface area (Å²) >= 11 is 0. The van der Waals surface area contributed by atoms with E-state index in [1.54, 1.807) is 6.07 Å². The maximum atomic E-state index is 12.4. The van der Waals surface area contributed by atoms with Gasteiger partial charge in [0.2, 0.25) is 5.88 Å². The lowest BCUT2D eigenvalue weighted by atomic mass is 10.1. The van der Waals surface area contributed by atoms with E-state index in [4.69, 9.17) is 5.26 Å². The molecule has 1 rings (SSSR count). The van der Waals surface area contributed by atoms with Gasteiger partial charge in [0.15, 0.2) is 12.0 Å². The molecule has 0 aliphatic carbocycles. The number of halogens is 2. The first-order valence-corrected chi connectivity index (χ1v) is 3.86. The lowest BCUT2D eigenvalue weighted by Crippen LogP contribution is -2.01. The Morgan fingerprint density at radius 1 is 1.67 bits per heavy atom. The molecule has 0 aliphatic rings. The van der Waals surface area contributed by atoms with Crippen LogP contribution in [0.5, 0.6) is 5.88 Å². The zero-order valence-electron chi connectivity index (χ0n) is 7.70. The summed E-state index contributed by atoms with van der Waals surface area (Å²) in [4.78, 5) is 14.0. The van der Waals surface area contributed by atoms with E-state index in [0.717, 1.165) is 13.2 Å². The molecule has 78 valence electrons. The van der Waals surface area contributed by atoms with Crippen LogP contribution >= 0.6 is 0 Å². The van der Waals surface area contributed by atoms with E-state index in [1.165, 1.54) is 0 Å². The van der Waals surface area contributed by atoms with Crippen molar-refractivity contribution in [2.75, 3.05) is 7.11 Å². The number of aldehydes is 1. The number of rotatable bonds is 3. The maximum Gasteiger partial charge on any atom is 0.269 e. The van der Waals surface area contributed by atoms with E-state index in [0.29, 0.717) is 6.29 Å². The lowest BCUT2D eigenvalue weighted by Gasteiger charge is -2.07. The Kier molecular flexibility index (Phi) is 3.29. The van der Waals surface area contributed by atoms with E-state index in [1.807, 2.05) is 0 Å². The summed E-state index contributed by atoms with van der Waals surface area (Å²) in [5.41, 5.74) is -0.904. The van der Waals surface area contributed by atoms with Crippen LogP contribution in [0.1, 0.15) is 28.0 Å². The van der Waals surface area contributed by atoms with Crippen molar-refractivity contribution in [2.24, 2.45) is 0 Å². The Morgan fingerprint density at radius 2 is 2.33 bits per heavy atom. The Balaban J connectivity index is 3.42. The smallest absolute Gasteiger partial charge is 0.269 e. The number of pyridine rings is 1. The molecule has 1 aromatic rings. The fourth-order valence-electron chi connectivity index (χ4n) is 1.03. The van der Waals surface area contributed by atoms with Crippen LogP contribution in [0.2, 0.25) is 0 Å². The number of carbonyl (C=O) groups excluding carboxylic acids is 1. The summed E-state index contributed by atoms with van der Waals surface area (Å²) in [5, 5.41) is 8.58. The molecule has 0 saturated heterocycles. The van der Waals surface area contributed by atoms with Crippen LogP contribution in [-0.2, 0) is 0 Å². The number of methoxy groups -OCH3 is 1. The van der Waals surface area contributed by atoms with E-state index in [-0.39, 0.29) is 17.1 Å². The van der Waals surface area contributed by atoms with Crippen molar-refractivity contribution in [1.82, 2.24) is 4.98 Å². The minimum atomic E-state index is -2.81. The molecular formula is C9H6F2N2O2. The first kappa shape index (κ1) is 11.0. The maximum absolute atomic E-state index is 12.4. The third-order valence-electron chi connectivity index (χ3n) is 1.71. The van der Waals surface area contributed by atoms with Gasteiger partial charge in [0.25, 0.3) is 6.43 Å². The van der Waals surface area contributed by atoms with Gasteiger partial charge in [-0.1, -0.05) is 0 Å². The number of aromatic nitrogens is 1. The van der Waals surface area contributed by atoms with E-state index in [9.17, 15) is 13.6 Å². The standard InChI is InChI=1S/C9H6F2N2O2/c1-15-9-6(8(10)11)2-5(4-14)7(3-12)13-9/h2,4,8H,1H3. The normalized spacial score (nSPS) is 9.80. The Bertz CT molecular complexity index is 427. The average molecular weight is 212 g/mol. The van der Waals surface area contributed by atoms with Gasteiger partial charge in [0.1, 0.15) is 6.07 Å². The van der Waals surface area contributed by atoms with E-state index >= 15 is 0 Å². The van der Waals surface area contributed by atoms with Gasteiger partial charge >= 0.3 is 0 Å². The zero-order chi connectivity index (χ0) is 11.4. The second kappa shape index (κ2) is 4.46. The van der Waals surface area contributed by atoms with Crippen molar-refractivity contribution in [3.63, 3.8) is 0 Å². The minimum absolute atomic E-state index is 0.173. The van der Waals surface area contributed by atoms with Crippen LogP contribution in [0.25, 0.3) is 0 Å². The van der Waals surface area contributed by atoms with Crippen LogP contribution in [0, 0.1) is 11.3 Å². The monoisotopic (exact) mass is 212 g/mol. The summed E-state index contributed by atoms with van der Waals surface area (Å²) in [6.07, 6.45) is -2.50. The highest BCUT2D eigenvalue weighted by Gasteiger charge is 2.18. The summed E-state index contributed by atoms with van der Waals surface area (Å²) < 4.78 is 29.5. The van der Waals surface area contributed by atoms with E-state index < -0.39 is 12.0 Å². The molecule has 0 bridgehead atoms. The fourth-order valence-corrected chi connectivity index (χ4v) is 1.03. The molecule has 1 heterocycles. The Morgan fingerprint density at radius 3 is 2.73 bits per heavy atom. The van der Waals surface area contributed by atoms with Gasteiger partial charge in [0, 0.05) is 0 Å². The van der Waals surface area contributed by atoms with Crippen molar-refractivity contribution >= 4 is 6.29 Å². The third-order valence-corrected chi connectivity index (χ3v) is 1.71. The number of alkyl halides is 2. The molecule has 0 amide bonds. The molecule has 6 heteroatoms. The second-order valence-corrected chi connectivity index (χ2v) is 2.56. The molecule has 0 N–H and O–H groups in total. The highest BCUT2D eigenvalue weighted by atomic mass is 19.3. The van der Waals surface area contributed by atoms with Gasteiger partial charge in [-0.25, -0.2) is 13.8 Å². The van der Waals surface area contributed by atoms with E-state index in [2.05, 4.69) is 9.72 Å². The van der Waals surface area contributed by atoms with Crippen molar-refractivity contribution < 1.29 is 18.3 Å². The van der Waals surface area contributed by atoms with Crippen molar-refractivity contribution in [3.8, 4) is 11.9 Å². The van der Waals surface area contributed by atoms with Gasteiger partial charge in [-0.2, -0.15) is 5.26 Å². The molecule has 15 heavy (non-hydrogen) atoms. The topological polar surface area (TPSA) is 63.0 Å². The molecule has 0 aromatic carbocycles. The molecule has 0 saturated carbocycles. The highest BCUT2D eigenvalue weighted by molar-refractivity contribution is 5.78. The van der Waals surface area contributed by atoms with Gasteiger partial charge in [-0.05, 0) is 6.07 Å². The number of nitriles is 1. The quantitative estimate of drug-likeness (QED) is 0.715. The third kappa shape index (κ3) is 2.07. The second-order valence-electron chi connectivity index (χ2n) is 2.56. The SMILES string of the molecule is COc1nc(C#N)c(C=O)cc1C(F)F. The number of nitrogens with zero attached hydrogens (tertiary/aromatic N) is 2. The lowest BCUT2D eigenvalue weighted by molar-refractivity contribution is 0.112. The first-order valence-electron chi connectivity index (χ1n) is 3.86. The Hall–Kier alpha value is -2.03. The van der Waals surface area contributed by atoms with Crippen LogP contribution in [-0.4, -0.2) is 18.4 Å². The molecule has 1 aromatic heterocycles. The summed E-state index contributed by atoms with van der Waals surface area (Å²) in [6.45, 7) is 0. The van der Waals surface area contributed by atoms with Gasteiger partial charge in [-0.3, -0.25) is 4.79 Å². The number of carbonyl (C=O) groups is 1. The Labute approximate surface area is 84.1 Å². The van der Waals surface area contributed by atoms with Crippen LogP contribution in [0.15, 0.2) is 6.07 Å². The first-order chi connectivity index (χ1) is 7.13. The molecular weight excluding hydrogens is 206 g/mol. The molecule has 0 radical (unpaired) electrons. The van der Waals surface area contributed by atoms with Crippen molar-refractivity contribution in [3.05, 3.63) is 22.9 Å². The summed E-state index contributed by atoms with van der Waals surface area (Å²) in [5.74, 6) is -0.341. The van der Waals surface area contributed by atoms with Crippen molar-refractivity contribution in [2.45, 2.75) is 6.43 Å². The molecule has 0 fully saturated rings. The van der Waals surface area contributed by atoms with Crippen LogP contribution in [0.3, 0.4) is 0 Å². The van der Waals surface area contributed by atoms with Crippen LogP contribution in [0.4, 0.5) is 8.78 Å². The summed E-state index contributed by atoms with van der Waals surface area (Å²) in [6, 6.07) is 2.52. The molecule has 0 atom stereocenters. The molecule has 4 nitrogen and oxygen atoms in total. The van der Waals surface area contributed by atoms with Crippen LogP contribution < -0.4 is 4.74 Å². The molecule has 0 unspecified atom stereocenters.